The Morgan fingerprint density at radius 3 is 2.44 bits per heavy atom. The Morgan fingerprint density at radius 1 is 1.39 bits per heavy atom. The van der Waals surface area contributed by atoms with Gasteiger partial charge in [0.1, 0.15) is 17.5 Å². The van der Waals surface area contributed by atoms with E-state index in [1.54, 1.807) is 6.92 Å². The molecule has 0 unspecified atom stereocenters. The first kappa shape index (κ1) is 14.2. The van der Waals surface area contributed by atoms with Gasteiger partial charge in [0, 0.05) is 11.6 Å². The summed E-state index contributed by atoms with van der Waals surface area (Å²) in [4.78, 5) is 21.5. The smallest absolute Gasteiger partial charge is 0.237 e. The van der Waals surface area contributed by atoms with Crippen LogP contribution in [0.4, 0.5) is 11.6 Å². The van der Waals surface area contributed by atoms with Gasteiger partial charge in [-0.1, -0.05) is 0 Å². The zero-order valence-corrected chi connectivity index (χ0v) is 11.2. The van der Waals surface area contributed by atoms with Gasteiger partial charge in [-0.25, -0.2) is 15.8 Å². The average molecular weight is 252 g/mol. The van der Waals surface area contributed by atoms with Crippen molar-refractivity contribution >= 4 is 17.5 Å². The molecule has 0 fully saturated rings. The maximum Gasteiger partial charge on any atom is 0.237 e. The van der Waals surface area contributed by atoms with Gasteiger partial charge in [-0.2, -0.15) is 0 Å². The molecule has 0 bridgehead atoms. The van der Waals surface area contributed by atoms with Crippen LogP contribution in [0.5, 0.6) is 0 Å². The van der Waals surface area contributed by atoms with Crippen LogP contribution in [-0.4, -0.2) is 28.5 Å². The summed E-state index contributed by atoms with van der Waals surface area (Å²) in [5.41, 5.74) is 8.58. The minimum absolute atomic E-state index is 0.0936. The highest BCUT2D eigenvalue weighted by Crippen LogP contribution is 2.24. The molecule has 0 aromatic carbocycles. The summed E-state index contributed by atoms with van der Waals surface area (Å²) in [6.07, 6.45) is 0. The second-order valence-electron chi connectivity index (χ2n) is 4.40. The van der Waals surface area contributed by atoms with Gasteiger partial charge >= 0.3 is 0 Å². The molecule has 0 aliphatic rings. The van der Waals surface area contributed by atoms with Crippen LogP contribution in [0.3, 0.4) is 0 Å². The summed E-state index contributed by atoms with van der Waals surface area (Å²) >= 11 is 0. The van der Waals surface area contributed by atoms with E-state index in [-0.39, 0.29) is 12.6 Å². The molecule has 0 radical (unpaired) electrons. The molecule has 1 amide bonds. The van der Waals surface area contributed by atoms with Crippen molar-refractivity contribution in [3.05, 3.63) is 11.4 Å². The lowest BCUT2D eigenvalue weighted by Gasteiger charge is -2.28. The summed E-state index contributed by atoms with van der Waals surface area (Å²) in [6.45, 7) is 7.66. The average Bonchev–Trinajstić information content (AvgIpc) is 2.28. The highest BCUT2D eigenvalue weighted by molar-refractivity contribution is 5.80. The molecule has 5 N–H and O–H groups in total. The molecule has 7 nitrogen and oxygen atoms in total. The van der Waals surface area contributed by atoms with Crippen molar-refractivity contribution in [1.29, 1.82) is 0 Å². The van der Waals surface area contributed by atoms with Crippen LogP contribution in [0.1, 0.15) is 25.2 Å². The predicted molar refractivity (Wildman–Crippen MR) is 71.0 cm³/mol. The highest BCUT2D eigenvalue weighted by Gasteiger charge is 2.19. The number of carbonyl (C=O) groups is 1. The van der Waals surface area contributed by atoms with Crippen LogP contribution in [-0.2, 0) is 4.79 Å². The van der Waals surface area contributed by atoms with Crippen LogP contribution in [0, 0.1) is 13.8 Å². The lowest BCUT2D eigenvalue weighted by atomic mass is 10.2. The Labute approximate surface area is 107 Å². The molecule has 7 heteroatoms. The van der Waals surface area contributed by atoms with E-state index in [1.807, 2.05) is 25.7 Å². The van der Waals surface area contributed by atoms with Crippen molar-refractivity contribution in [3.8, 4) is 0 Å². The molecule has 100 valence electrons. The maximum absolute atomic E-state index is 11.1. The van der Waals surface area contributed by atoms with Crippen molar-refractivity contribution in [2.75, 3.05) is 16.9 Å². The highest BCUT2D eigenvalue weighted by atomic mass is 16.1. The van der Waals surface area contributed by atoms with Gasteiger partial charge in [-0.05, 0) is 27.7 Å². The first-order chi connectivity index (χ1) is 8.36. The van der Waals surface area contributed by atoms with Crippen LogP contribution in [0.25, 0.3) is 0 Å². The van der Waals surface area contributed by atoms with E-state index >= 15 is 0 Å². The maximum atomic E-state index is 11.1. The normalized spacial score (nSPS) is 10.6. The van der Waals surface area contributed by atoms with E-state index in [0.717, 1.165) is 5.56 Å². The standard InChI is InChI=1S/C11H20N6O/c1-6(2)17(5-9(12)18)11-7(3)10(16-13)14-8(4)15-11/h6H,5,13H2,1-4H3,(H2,12,18)(H,14,15,16). The summed E-state index contributed by atoms with van der Waals surface area (Å²) in [5, 5.41) is 0. The lowest BCUT2D eigenvalue weighted by Crippen LogP contribution is -2.40. The Kier molecular flexibility index (Phi) is 4.43. The number of nitrogens with one attached hydrogen (secondary N) is 1. The fourth-order valence-corrected chi connectivity index (χ4v) is 1.70. The van der Waals surface area contributed by atoms with Crippen LogP contribution in [0.2, 0.25) is 0 Å². The topological polar surface area (TPSA) is 110 Å². The fraction of sp³-hybridized carbons (Fsp3) is 0.545. The third-order valence-electron chi connectivity index (χ3n) is 2.59. The van der Waals surface area contributed by atoms with Crippen molar-refractivity contribution in [2.45, 2.75) is 33.7 Å². The molecule has 1 aromatic rings. The number of aryl methyl sites for hydroxylation is 1. The van der Waals surface area contributed by atoms with Gasteiger partial charge < -0.3 is 16.1 Å². The van der Waals surface area contributed by atoms with Gasteiger partial charge in [-0.15, -0.1) is 0 Å². The number of nitrogens with two attached hydrogens (primary N) is 2. The lowest BCUT2D eigenvalue weighted by molar-refractivity contribution is -0.116. The van der Waals surface area contributed by atoms with Crippen molar-refractivity contribution in [1.82, 2.24) is 9.97 Å². The Hall–Kier alpha value is -1.89. The van der Waals surface area contributed by atoms with Crippen molar-refractivity contribution in [3.63, 3.8) is 0 Å². The van der Waals surface area contributed by atoms with Crippen molar-refractivity contribution in [2.24, 2.45) is 11.6 Å². The van der Waals surface area contributed by atoms with E-state index in [0.29, 0.717) is 17.5 Å². The first-order valence-corrected chi connectivity index (χ1v) is 5.73. The Morgan fingerprint density at radius 2 is 2.00 bits per heavy atom. The van der Waals surface area contributed by atoms with E-state index in [4.69, 9.17) is 11.6 Å². The SMILES string of the molecule is Cc1nc(NN)c(C)c(N(CC(N)=O)C(C)C)n1. The van der Waals surface area contributed by atoms with Crippen LogP contribution >= 0.6 is 0 Å². The molecule has 18 heavy (non-hydrogen) atoms. The first-order valence-electron chi connectivity index (χ1n) is 5.73. The number of rotatable bonds is 5. The van der Waals surface area contributed by atoms with Gasteiger partial charge in [-0.3, -0.25) is 4.79 Å². The number of hydrogen-bond acceptors (Lipinski definition) is 6. The summed E-state index contributed by atoms with van der Waals surface area (Å²) < 4.78 is 0. The number of aromatic nitrogens is 2. The molecule has 0 saturated carbocycles. The van der Waals surface area contributed by atoms with E-state index < -0.39 is 5.91 Å². The number of hydrogen-bond donors (Lipinski definition) is 3. The minimum Gasteiger partial charge on any atom is -0.368 e. The third kappa shape index (κ3) is 3.07. The summed E-state index contributed by atoms with van der Waals surface area (Å²) in [5.74, 6) is 6.82. The molecule has 1 aromatic heterocycles. The van der Waals surface area contributed by atoms with Gasteiger partial charge in [0.25, 0.3) is 0 Å². The van der Waals surface area contributed by atoms with E-state index in [2.05, 4.69) is 15.4 Å². The quantitative estimate of drug-likeness (QED) is 0.505. The Bertz CT molecular complexity index is 445. The van der Waals surface area contributed by atoms with Gasteiger partial charge in [0.05, 0.1) is 6.54 Å². The van der Waals surface area contributed by atoms with Crippen molar-refractivity contribution < 1.29 is 4.79 Å². The van der Waals surface area contributed by atoms with E-state index in [9.17, 15) is 4.79 Å². The number of nitrogen functional groups attached to an aromatic ring is 1. The zero-order valence-electron chi connectivity index (χ0n) is 11.2. The Balaban J connectivity index is 3.27. The largest absolute Gasteiger partial charge is 0.368 e. The minimum atomic E-state index is -0.401. The third-order valence-corrected chi connectivity index (χ3v) is 2.59. The predicted octanol–water partition coefficient (Wildman–Crippen LogP) is 0.0791. The molecular formula is C11H20N6O. The van der Waals surface area contributed by atoms with Gasteiger partial charge in [0.15, 0.2) is 0 Å². The number of hydrazine groups is 1. The van der Waals surface area contributed by atoms with E-state index in [1.165, 1.54) is 0 Å². The molecule has 0 atom stereocenters. The number of amides is 1. The fourth-order valence-electron chi connectivity index (χ4n) is 1.70. The molecule has 0 spiro atoms. The van der Waals surface area contributed by atoms with Crippen LogP contribution in [0.15, 0.2) is 0 Å². The molecule has 1 rings (SSSR count). The second-order valence-corrected chi connectivity index (χ2v) is 4.40. The second kappa shape index (κ2) is 5.63. The van der Waals surface area contributed by atoms with Gasteiger partial charge in [0.2, 0.25) is 5.91 Å². The molecule has 0 aliphatic heterocycles. The summed E-state index contributed by atoms with van der Waals surface area (Å²) in [6, 6.07) is 0.0936. The number of primary amides is 1. The zero-order chi connectivity index (χ0) is 13.9. The summed E-state index contributed by atoms with van der Waals surface area (Å²) in [7, 11) is 0. The number of carbonyl (C=O) groups excluding carboxylic acids is 1. The molecule has 0 saturated heterocycles. The number of nitrogens with zero attached hydrogens (tertiary/aromatic N) is 3. The molecule has 0 aliphatic carbocycles. The monoisotopic (exact) mass is 252 g/mol. The van der Waals surface area contributed by atoms with Crippen LogP contribution < -0.4 is 21.9 Å². The molecular weight excluding hydrogens is 232 g/mol. The molecule has 1 heterocycles. The number of anilines is 2.